The number of nitrogens with two attached hydrogens (primary N) is 1. The summed E-state index contributed by atoms with van der Waals surface area (Å²) in [5.74, 6) is 1.86. The van der Waals surface area contributed by atoms with Crippen LogP contribution in [0.25, 0.3) is 22.2 Å². The zero-order chi connectivity index (χ0) is 24.4. The van der Waals surface area contributed by atoms with E-state index in [0.717, 1.165) is 22.2 Å². The van der Waals surface area contributed by atoms with Gasteiger partial charge in [-0.25, -0.2) is 0 Å². The van der Waals surface area contributed by atoms with Crippen molar-refractivity contribution in [3.8, 4) is 22.8 Å². The second-order valence-corrected chi connectivity index (χ2v) is 7.96. The van der Waals surface area contributed by atoms with Gasteiger partial charge in [-0.2, -0.15) is 0 Å². The number of methoxy groups -OCH3 is 5. The lowest BCUT2D eigenvalue weighted by Crippen LogP contribution is -2.34. The lowest BCUT2D eigenvalue weighted by Gasteiger charge is -2.29. The molecule has 34 heavy (non-hydrogen) atoms. The first-order chi connectivity index (χ1) is 16.4. The first-order valence-corrected chi connectivity index (χ1v) is 10.8. The fourth-order valence-electron chi connectivity index (χ4n) is 4.41. The molecule has 0 aliphatic heterocycles. The molecule has 0 spiro atoms. The Labute approximate surface area is 198 Å². The van der Waals surface area contributed by atoms with Gasteiger partial charge in [0.1, 0.15) is 35.6 Å². The third kappa shape index (κ3) is 4.11. The van der Waals surface area contributed by atoms with E-state index in [0.29, 0.717) is 34.1 Å². The maximum atomic E-state index is 11.7. The Hall–Kier alpha value is -3.46. The van der Waals surface area contributed by atoms with Crippen molar-refractivity contribution in [3.05, 3.63) is 65.4 Å². The van der Waals surface area contributed by atoms with Crippen LogP contribution >= 0.6 is 0 Å². The predicted molar refractivity (Wildman–Crippen MR) is 131 cm³/mol. The number of aliphatic hydroxyl groups excluding tert-OH is 1. The summed E-state index contributed by atoms with van der Waals surface area (Å²) in [6.07, 6.45) is 1.85. The highest BCUT2D eigenvalue weighted by Gasteiger charge is 2.32. The van der Waals surface area contributed by atoms with Crippen molar-refractivity contribution in [1.29, 1.82) is 0 Å². The van der Waals surface area contributed by atoms with E-state index < -0.39 is 18.3 Å². The van der Waals surface area contributed by atoms with Gasteiger partial charge in [0.05, 0.1) is 32.7 Å². The molecular weight excluding hydrogens is 436 g/mol. The van der Waals surface area contributed by atoms with Gasteiger partial charge in [-0.05, 0) is 48.1 Å². The Morgan fingerprint density at radius 3 is 2.35 bits per heavy atom. The van der Waals surface area contributed by atoms with Gasteiger partial charge in [-0.15, -0.1) is 0 Å². The molecule has 0 fully saturated rings. The van der Waals surface area contributed by atoms with Crippen LogP contribution < -0.4 is 15.2 Å². The lowest BCUT2D eigenvalue weighted by molar-refractivity contribution is -0.0200. The third-order valence-corrected chi connectivity index (χ3v) is 6.16. The van der Waals surface area contributed by atoms with Gasteiger partial charge in [0.2, 0.25) is 0 Å². The minimum atomic E-state index is -0.985. The fourth-order valence-corrected chi connectivity index (χ4v) is 4.41. The highest BCUT2D eigenvalue weighted by molar-refractivity contribution is 5.93. The Bertz CT molecular complexity index is 1250. The number of hydrogen-bond donors (Lipinski definition) is 3. The number of aromatic nitrogens is 1. The van der Waals surface area contributed by atoms with Crippen LogP contribution in [-0.2, 0) is 14.2 Å². The number of nitrogens with one attached hydrogen (secondary N) is 1. The average Bonchev–Trinajstić information content (AvgIpc) is 3.25. The monoisotopic (exact) mass is 466 g/mol. The van der Waals surface area contributed by atoms with Crippen LogP contribution in [0.2, 0.25) is 0 Å². The normalized spacial score (nSPS) is 18.9. The second kappa shape index (κ2) is 9.80. The van der Waals surface area contributed by atoms with Crippen LogP contribution in [0.1, 0.15) is 11.7 Å². The molecule has 2 aromatic carbocycles. The molecule has 4 N–H and O–H groups in total. The van der Waals surface area contributed by atoms with E-state index >= 15 is 0 Å². The molecule has 4 rings (SSSR count). The van der Waals surface area contributed by atoms with Gasteiger partial charge in [0.15, 0.2) is 0 Å². The Balaban J connectivity index is 1.90. The van der Waals surface area contributed by atoms with Gasteiger partial charge < -0.3 is 39.5 Å². The minimum Gasteiger partial charge on any atom is -0.498 e. The second-order valence-electron chi connectivity index (χ2n) is 7.96. The van der Waals surface area contributed by atoms with Gasteiger partial charge in [0.25, 0.3) is 0 Å². The number of hydrogen-bond acceptors (Lipinski definition) is 7. The van der Waals surface area contributed by atoms with Crippen molar-refractivity contribution in [1.82, 2.24) is 4.98 Å². The van der Waals surface area contributed by atoms with E-state index in [1.54, 1.807) is 47.7 Å². The van der Waals surface area contributed by atoms with E-state index in [2.05, 4.69) is 4.98 Å². The standard InChI is InChI=1S/C26H30N2O6/c1-30-16-7-8-17-19(13-16)28-24(14-6-9-20(31-2)18(27)10-14)23(17)25(29)15-11-21(32-3)26(34-5)22(12-15)33-4/h6-13,21,25-26,28-29H,27H2,1-5H3. The number of aromatic amines is 1. The topological polar surface area (TPSA) is 108 Å². The zero-order valence-corrected chi connectivity index (χ0v) is 19.9. The number of anilines is 1. The fraction of sp³-hybridized carbons (Fsp3) is 0.308. The van der Waals surface area contributed by atoms with Crippen LogP contribution in [0.5, 0.6) is 11.5 Å². The van der Waals surface area contributed by atoms with Gasteiger partial charge >= 0.3 is 0 Å². The number of rotatable bonds is 8. The molecule has 8 heteroatoms. The van der Waals surface area contributed by atoms with Crippen molar-refractivity contribution in [2.75, 3.05) is 41.3 Å². The molecule has 1 aromatic heterocycles. The summed E-state index contributed by atoms with van der Waals surface area (Å²) < 4.78 is 27.4. The molecule has 0 bridgehead atoms. The van der Waals surface area contributed by atoms with E-state index in [-0.39, 0.29) is 0 Å². The molecule has 180 valence electrons. The molecule has 3 atom stereocenters. The number of nitrogen functional groups attached to an aromatic ring is 1. The van der Waals surface area contributed by atoms with Gasteiger partial charge in [-0.1, -0.05) is 0 Å². The molecular formula is C26H30N2O6. The largest absolute Gasteiger partial charge is 0.498 e. The number of ether oxygens (including phenoxy) is 5. The summed E-state index contributed by atoms with van der Waals surface area (Å²) >= 11 is 0. The Morgan fingerprint density at radius 2 is 1.74 bits per heavy atom. The van der Waals surface area contributed by atoms with Crippen molar-refractivity contribution in [3.63, 3.8) is 0 Å². The quantitative estimate of drug-likeness (QED) is 0.431. The summed E-state index contributed by atoms with van der Waals surface area (Å²) in [5, 5.41) is 12.5. The smallest absolute Gasteiger partial charge is 0.144 e. The Kier molecular flexibility index (Phi) is 6.83. The van der Waals surface area contributed by atoms with E-state index in [1.807, 2.05) is 36.4 Å². The summed E-state index contributed by atoms with van der Waals surface area (Å²) in [6, 6.07) is 11.2. The van der Waals surface area contributed by atoms with Crippen molar-refractivity contribution < 1.29 is 28.8 Å². The Morgan fingerprint density at radius 1 is 0.941 bits per heavy atom. The molecule has 0 saturated heterocycles. The van der Waals surface area contributed by atoms with Crippen molar-refractivity contribution in [2.45, 2.75) is 18.3 Å². The average molecular weight is 467 g/mol. The number of H-pyrrole nitrogens is 1. The van der Waals surface area contributed by atoms with E-state index in [1.165, 1.54) is 0 Å². The third-order valence-electron chi connectivity index (χ3n) is 6.16. The molecule has 0 radical (unpaired) electrons. The SMILES string of the molecule is COC1=CC(C(O)c2c(-c3ccc(OC)c(N)c3)[nH]c3cc(OC)ccc23)=CC(OC)C1OC. The van der Waals surface area contributed by atoms with Crippen LogP contribution in [0.15, 0.2) is 59.9 Å². The number of fused-ring (bicyclic) bond motifs is 1. The molecule has 0 amide bonds. The van der Waals surface area contributed by atoms with Crippen LogP contribution in [-0.4, -0.2) is 57.8 Å². The van der Waals surface area contributed by atoms with Crippen molar-refractivity contribution >= 4 is 16.6 Å². The maximum absolute atomic E-state index is 11.7. The zero-order valence-electron chi connectivity index (χ0n) is 19.9. The minimum absolute atomic E-state index is 0.404. The highest BCUT2D eigenvalue weighted by Crippen LogP contribution is 2.41. The highest BCUT2D eigenvalue weighted by atomic mass is 16.6. The summed E-state index contributed by atoms with van der Waals surface area (Å²) in [5.41, 5.74) is 10.4. The molecule has 3 unspecified atom stereocenters. The van der Waals surface area contributed by atoms with E-state index in [4.69, 9.17) is 29.4 Å². The number of benzene rings is 2. The summed E-state index contributed by atoms with van der Waals surface area (Å²) in [7, 11) is 7.96. The molecule has 8 nitrogen and oxygen atoms in total. The maximum Gasteiger partial charge on any atom is 0.144 e. The molecule has 1 aliphatic carbocycles. The van der Waals surface area contributed by atoms with Crippen molar-refractivity contribution in [2.24, 2.45) is 0 Å². The van der Waals surface area contributed by atoms with Crippen LogP contribution in [0, 0.1) is 0 Å². The van der Waals surface area contributed by atoms with E-state index in [9.17, 15) is 5.11 Å². The van der Waals surface area contributed by atoms with Gasteiger partial charge in [-0.3, -0.25) is 0 Å². The molecule has 1 aliphatic rings. The molecule has 1 heterocycles. The van der Waals surface area contributed by atoms with Gasteiger partial charge in [0, 0.05) is 42.3 Å². The summed E-state index contributed by atoms with van der Waals surface area (Å²) in [6.45, 7) is 0. The predicted octanol–water partition coefficient (Wildman–Crippen LogP) is 3.97. The first-order valence-electron chi connectivity index (χ1n) is 10.8. The lowest BCUT2D eigenvalue weighted by atomic mass is 9.90. The number of aliphatic hydroxyl groups is 1. The summed E-state index contributed by atoms with van der Waals surface area (Å²) in [4.78, 5) is 3.44. The molecule has 3 aromatic rings. The van der Waals surface area contributed by atoms with Crippen LogP contribution in [0.3, 0.4) is 0 Å². The first kappa shape index (κ1) is 23.7. The van der Waals surface area contributed by atoms with Crippen LogP contribution in [0.4, 0.5) is 5.69 Å². The molecule has 0 saturated carbocycles.